The van der Waals surface area contributed by atoms with Crippen LogP contribution in [0.3, 0.4) is 0 Å². The summed E-state index contributed by atoms with van der Waals surface area (Å²) in [6, 6.07) is 9.38. The number of aryl methyl sites for hydroxylation is 1. The van der Waals surface area contributed by atoms with Crippen LogP contribution in [-0.2, 0) is 11.2 Å². The number of carbonyl (C=O) groups is 1. The molecule has 0 radical (unpaired) electrons. The lowest BCUT2D eigenvalue weighted by Crippen LogP contribution is -2.21. The van der Waals surface area contributed by atoms with Gasteiger partial charge in [0.2, 0.25) is 5.95 Å². The van der Waals surface area contributed by atoms with Crippen LogP contribution in [0.15, 0.2) is 36.5 Å². The largest absolute Gasteiger partial charge is 0.376 e. The van der Waals surface area contributed by atoms with E-state index in [1.165, 1.54) is 0 Å². The molecule has 0 saturated carbocycles. The fourth-order valence-electron chi connectivity index (χ4n) is 2.72. The molecule has 6 heteroatoms. The van der Waals surface area contributed by atoms with Crippen molar-refractivity contribution in [3.05, 3.63) is 47.8 Å². The molecule has 24 heavy (non-hydrogen) atoms. The zero-order valence-electron chi connectivity index (χ0n) is 13.8. The Kier molecular flexibility index (Phi) is 5.38. The maximum atomic E-state index is 12.4. The van der Waals surface area contributed by atoms with Crippen LogP contribution in [0, 0.1) is 0 Å². The van der Waals surface area contributed by atoms with Crippen LogP contribution in [0.1, 0.15) is 35.8 Å². The summed E-state index contributed by atoms with van der Waals surface area (Å²) in [7, 11) is 0. The smallest absolute Gasteiger partial charge is 0.274 e. The Morgan fingerprint density at radius 2 is 2.21 bits per heavy atom. The number of ether oxygens (including phenoxy) is 1. The molecule has 1 aromatic carbocycles. The number of hydrogen-bond acceptors (Lipinski definition) is 5. The molecule has 0 spiro atoms. The van der Waals surface area contributed by atoms with Crippen molar-refractivity contribution in [2.24, 2.45) is 0 Å². The van der Waals surface area contributed by atoms with Gasteiger partial charge in [0.1, 0.15) is 5.69 Å². The first-order chi connectivity index (χ1) is 11.8. The number of anilines is 2. The van der Waals surface area contributed by atoms with Crippen LogP contribution in [0.4, 0.5) is 11.6 Å². The molecule has 1 fully saturated rings. The highest BCUT2D eigenvalue weighted by Gasteiger charge is 2.16. The summed E-state index contributed by atoms with van der Waals surface area (Å²) in [5, 5.41) is 6.06. The molecule has 1 aromatic heterocycles. The van der Waals surface area contributed by atoms with Crippen molar-refractivity contribution in [2.75, 3.05) is 23.8 Å². The molecule has 2 heterocycles. The monoisotopic (exact) mass is 326 g/mol. The van der Waals surface area contributed by atoms with Crippen LogP contribution < -0.4 is 10.6 Å². The highest BCUT2D eigenvalue weighted by molar-refractivity contribution is 6.03. The second kappa shape index (κ2) is 7.88. The van der Waals surface area contributed by atoms with E-state index in [9.17, 15) is 4.79 Å². The zero-order valence-corrected chi connectivity index (χ0v) is 13.8. The summed E-state index contributed by atoms with van der Waals surface area (Å²) < 4.78 is 5.56. The first-order valence-corrected chi connectivity index (χ1v) is 8.34. The van der Waals surface area contributed by atoms with Gasteiger partial charge in [0.25, 0.3) is 5.91 Å². The molecule has 0 bridgehead atoms. The summed E-state index contributed by atoms with van der Waals surface area (Å²) in [6.45, 7) is 3.53. The van der Waals surface area contributed by atoms with E-state index in [1.807, 2.05) is 24.3 Å². The Balaban J connectivity index is 1.65. The maximum absolute atomic E-state index is 12.4. The third-order valence-electron chi connectivity index (χ3n) is 4.05. The molecule has 126 valence electrons. The van der Waals surface area contributed by atoms with Gasteiger partial charge in [-0.05, 0) is 37.0 Å². The van der Waals surface area contributed by atoms with Crippen LogP contribution in [-0.4, -0.2) is 35.1 Å². The predicted molar refractivity (Wildman–Crippen MR) is 93.3 cm³/mol. The van der Waals surface area contributed by atoms with Crippen LogP contribution in [0.5, 0.6) is 0 Å². The molecule has 6 nitrogen and oxygen atoms in total. The van der Waals surface area contributed by atoms with Gasteiger partial charge in [-0.3, -0.25) is 4.79 Å². The number of nitrogens with one attached hydrogen (secondary N) is 2. The van der Waals surface area contributed by atoms with Gasteiger partial charge in [-0.1, -0.05) is 25.1 Å². The van der Waals surface area contributed by atoms with Crippen LogP contribution >= 0.6 is 0 Å². The van der Waals surface area contributed by atoms with Gasteiger partial charge in [0, 0.05) is 25.0 Å². The van der Waals surface area contributed by atoms with E-state index < -0.39 is 0 Å². The summed E-state index contributed by atoms with van der Waals surface area (Å²) in [5.41, 5.74) is 2.25. The minimum atomic E-state index is -0.238. The first kappa shape index (κ1) is 16.4. The summed E-state index contributed by atoms with van der Waals surface area (Å²) in [6.07, 6.45) is 4.77. The van der Waals surface area contributed by atoms with Crippen LogP contribution in [0.25, 0.3) is 0 Å². The Hall–Kier alpha value is -2.47. The number of amides is 1. The van der Waals surface area contributed by atoms with E-state index >= 15 is 0 Å². The molecule has 1 unspecified atom stereocenters. The molecule has 1 aliphatic rings. The Bertz CT molecular complexity index is 699. The van der Waals surface area contributed by atoms with E-state index in [0.29, 0.717) is 18.2 Å². The Labute approximate surface area is 141 Å². The van der Waals surface area contributed by atoms with Crippen molar-refractivity contribution in [2.45, 2.75) is 32.3 Å². The topological polar surface area (TPSA) is 76.1 Å². The van der Waals surface area contributed by atoms with Gasteiger partial charge in [0.05, 0.1) is 6.10 Å². The van der Waals surface area contributed by atoms with Gasteiger partial charge in [-0.2, -0.15) is 0 Å². The molecule has 1 amide bonds. The standard InChI is InChI=1S/C18H22N4O2/c1-2-13-6-3-4-8-15(13)21-17(23)16-9-10-19-18(22-16)20-12-14-7-5-11-24-14/h3-4,6,8-10,14H,2,5,7,11-12H2,1H3,(H,21,23)(H,19,20,22). The highest BCUT2D eigenvalue weighted by Crippen LogP contribution is 2.17. The van der Waals surface area contributed by atoms with E-state index in [-0.39, 0.29) is 12.0 Å². The van der Waals surface area contributed by atoms with Gasteiger partial charge < -0.3 is 15.4 Å². The van der Waals surface area contributed by atoms with Crippen molar-refractivity contribution in [1.82, 2.24) is 9.97 Å². The van der Waals surface area contributed by atoms with Gasteiger partial charge in [0.15, 0.2) is 0 Å². The lowest BCUT2D eigenvalue weighted by molar-refractivity contribution is 0.102. The average molecular weight is 326 g/mol. The molecule has 3 rings (SSSR count). The second-order valence-electron chi connectivity index (χ2n) is 5.75. The lowest BCUT2D eigenvalue weighted by Gasteiger charge is -2.12. The minimum absolute atomic E-state index is 0.197. The highest BCUT2D eigenvalue weighted by atomic mass is 16.5. The Morgan fingerprint density at radius 1 is 1.33 bits per heavy atom. The molecular formula is C18H22N4O2. The van der Waals surface area contributed by atoms with E-state index in [2.05, 4.69) is 27.5 Å². The zero-order chi connectivity index (χ0) is 16.8. The Morgan fingerprint density at radius 3 is 3.00 bits per heavy atom. The predicted octanol–water partition coefficient (Wildman–Crippen LogP) is 2.88. The number of aromatic nitrogens is 2. The number of para-hydroxylation sites is 1. The fourth-order valence-corrected chi connectivity index (χ4v) is 2.72. The van der Waals surface area contributed by atoms with Crippen molar-refractivity contribution in [1.29, 1.82) is 0 Å². The molecule has 2 N–H and O–H groups in total. The van der Waals surface area contributed by atoms with Crippen molar-refractivity contribution in [3.8, 4) is 0 Å². The fraction of sp³-hybridized carbons (Fsp3) is 0.389. The SMILES string of the molecule is CCc1ccccc1NC(=O)c1ccnc(NCC2CCCO2)n1. The lowest BCUT2D eigenvalue weighted by atomic mass is 10.1. The number of rotatable bonds is 6. The first-order valence-electron chi connectivity index (χ1n) is 8.34. The number of carbonyl (C=O) groups excluding carboxylic acids is 1. The van der Waals surface area contributed by atoms with Gasteiger partial charge >= 0.3 is 0 Å². The number of hydrogen-bond donors (Lipinski definition) is 2. The van der Waals surface area contributed by atoms with Crippen molar-refractivity contribution < 1.29 is 9.53 Å². The van der Waals surface area contributed by atoms with Crippen molar-refractivity contribution in [3.63, 3.8) is 0 Å². The second-order valence-corrected chi connectivity index (χ2v) is 5.75. The molecule has 2 aromatic rings. The summed E-state index contributed by atoms with van der Waals surface area (Å²) in [4.78, 5) is 20.9. The number of nitrogens with zero attached hydrogens (tertiary/aromatic N) is 2. The average Bonchev–Trinajstić information content (AvgIpc) is 3.14. The number of benzene rings is 1. The third kappa shape index (κ3) is 4.08. The summed E-state index contributed by atoms with van der Waals surface area (Å²) >= 11 is 0. The van der Waals surface area contributed by atoms with Crippen molar-refractivity contribution >= 4 is 17.5 Å². The molecule has 1 atom stereocenters. The molecular weight excluding hydrogens is 304 g/mol. The quantitative estimate of drug-likeness (QED) is 0.853. The van der Waals surface area contributed by atoms with E-state index in [1.54, 1.807) is 12.3 Å². The molecule has 1 saturated heterocycles. The van der Waals surface area contributed by atoms with E-state index in [4.69, 9.17) is 4.74 Å². The normalized spacial score (nSPS) is 16.8. The van der Waals surface area contributed by atoms with E-state index in [0.717, 1.165) is 37.1 Å². The molecule has 0 aliphatic carbocycles. The third-order valence-corrected chi connectivity index (χ3v) is 4.05. The van der Waals surface area contributed by atoms with Gasteiger partial charge in [-0.15, -0.1) is 0 Å². The summed E-state index contributed by atoms with van der Waals surface area (Å²) in [5.74, 6) is 0.209. The van der Waals surface area contributed by atoms with Crippen LogP contribution in [0.2, 0.25) is 0 Å². The maximum Gasteiger partial charge on any atom is 0.274 e. The van der Waals surface area contributed by atoms with Gasteiger partial charge in [-0.25, -0.2) is 9.97 Å². The molecule has 1 aliphatic heterocycles. The minimum Gasteiger partial charge on any atom is -0.376 e.